The van der Waals surface area contributed by atoms with E-state index in [9.17, 15) is 9.59 Å². The Kier molecular flexibility index (Phi) is 5.22. The molecule has 2 aromatic rings. The number of hydrogen-bond acceptors (Lipinski definition) is 5. The van der Waals surface area contributed by atoms with Crippen molar-refractivity contribution >= 4 is 34.5 Å². The fourth-order valence-corrected chi connectivity index (χ4v) is 3.47. The van der Waals surface area contributed by atoms with E-state index in [1.807, 2.05) is 24.3 Å². The second kappa shape index (κ2) is 7.55. The fraction of sp³-hybridized carbons (Fsp3) is 0.353. The van der Waals surface area contributed by atoms with Crippen LogP contribution in [0.25, 0.3) is 0 Å². The Morgan fingerprint density at radius 3 is 3.04 bits per heavy atom. The second-order valence-corrected chi connectivity index (χ2v) is 6.61. The Balaban J connectivity index is 1.71. The number of thiazole rings is 1. The van der Waals surface area contributed by atoms with E-state index >= 15 is 0 Å². The number of nitrogens with zero attached hydrogens (tertiary/aromatic N) is 2. The van der Waals surface area contributed by atoms with Gasteiger partial charge in [0, 0.05) is 36.1 Å². The van der Waals surface area contributed by atoms with Gasteiger partial charge in [0.25, 0.3) is 5.91 Å². The molecular weight excluding hydrogens is 324 g/mol. The molecule has 0 unspecified atom stereocenters. The maximum atomic E-state index is 12.3. The fourth-order valence-electron chi connectivity index (χ4n) is 2.68. The number of rotatable bonds is 5. The lowest BCUT2D eigenvalue weighted by molar-refractivity contribution is -0.119. The van der Waals surface area contributed by atoms with Crippen LogP contribution >= 0.6 is 11.3 Å². The quantitative estimate of drug-likeness (QED) is 0.872. The zero-order valence-corrected chi connectivity index (χ0v) is 14.1. The maximum Gasteiger partial charge on any atom is 0.275 e. The van der Waals surface area contributed by atoms with Gasteiger partial charge >= 0.3 is 0 Å². The van der Waals surface area contributed by atoms with E-state index < -0.39 is 0 Å². The van der Waals surface area contributed by atoms with Crippen LogP contribution in [0.2, 0.25) is 0 Å². The Hall–Kier alpha value is -2.25. The number of piperidine rings is 1. The van der Waals surface area contributed by atoms with Crippen molar-refractivity contribution in [2.45, 2.75) is 25.7 Å². The molecule has 24 heavy (non-hydrogen) atoms. The van der Waals surface area contributed by atoms with Crippen LogP contribution in [-0.2, 0) is 11.2 Å². The Bertz CT molecular complexity index is 744. The Morgan fingerprint density at radius 2 is 2.25 bits per heavy atom. The minimum atomic E-state index is -0.253. The first-order valence-corrected chi connectivity index (χ1v) is 8.91. The topological polar surface area (TPSA) is 88.3 Å². The molecule has 2 heterocycles. The molecule has 0 aliphatic carbocycles. The predicted octanol–water partition coefficient (Wildman–Crippen LogP) is 2.41. The molecule has 1 saturated heterocycles. The molecule has 126 valence electrons. The van der Waals surface area contributed by atoms with E-state index in [1.165, 1.54) is 11.3 Å². The van der Waals surface area contributed by atoms with Crippen LogP contribution in [0.1, 0.15) is 34.8 Å². The number of carbonyl (C=O) groups excluding carboxylic acids is 2. The molecule has 1 fully saturated rings. The van der Waals surface area contributed by atoms with Crippen molar-refractivity contribution in [1.82, 2.24) is 4.98 Å². The summed E-state index contributed by atoms with van der Waals surface area (Å²) in [5, 5.41) is 5.44. The molecule has 3 rings (SSSR count). The van der Waals surface area contributed by atoms with Gasteiger partial charge in [-0.1, -0.05) is 6.07 Å². The second-order valence-electron chi connectivity index (χ2n) is 5.67. The number of benzene rings is 1. The van der Waals surface area contributed by atoms with E-state index in [-0.39, 0.29) is 11.8 Å². The van der Waals surface area contributed by atoms with Gasteiger partial charge in [-0.15, -0.1) is 11.3 Å². The summed E-state index contributed by atoms with van der Waals surface area (Å²) in [4.78, 5) is 30.4. The largest absolute Gasteiger partial charge is 0.330 e. The summed E-state index contributed by atoms with van der Waals surface area (Å²) >= 11 is 1.43. The summed E-state index contributed by atoms with van der Waals surface area (Å²) in [6.07, 6.45) is 3.20. The van der Waals surface area contributed by atoms with Crippen LogP contribution in [-0.4, -0.2) is 29.9 Å². The van der Waals surface area contributed by atoms with Gasteiger partial charge in [-0.05, 0) is 37.6 Å². The molecule has 0 spiro atoms. The number of anilines is 2. The highest BCUT2D eigenvalue weighted by molar-refractivity contribution is 7.09. The van der Waals surface area contributed by atoms with Crippen molar-refractivity contribution < 1.29 is 9.59 Å². The first-order valence-electron chi connectivity index (χ1n) is 8.03. The van der Waals surface area contributed by atoms with Crippen molar-refractivity contribution in [2.75, 3.05) is 23.3 Å². The lowest BCUT2D eigenvalue weighted by Crippen LogP contribution is -2.35. The number of nitrogens with one attached hydrogen (secondary N) is 1. The summed E-state index contributed by atoms with van der Waals surface area (Å²) < 4.78 is 0. The third-order valence-electron chi connectivity index (χ3n) is 3.88. The number of carbonyl (C=O) groups is 2. The smallest absolute Gasteiger partial charge is 0.275 e. The van der Waals surface area contributed by atoms with E-state index in [0.717, 1.165) is 30.1 Å². The molecule has 0 radical (unpaired) electrons. The number of nitrogens with two attached hydrogens (primary N) is 1. The molecule has 1 aliphatic heterocycles. The average Bonchev–Trinajstić information content (AvgIpc) is 3.05. The zero-order valence-electron chi connectivity index (χ0n) is 13.3. The van der Waals surface area contributed by atoms with Gasteiger partial charge in [-0.2, -0.15) is 0 Å². The first-order chi connectivity index (χ1) is 11.7. The highest BCUT2D eigenvalue weighted by Gasteiger charge is 2.20. The van der Waals surface area contributed by atoms with Crippen molar-refractivity contribution in [3.8, 4) is 0 Å². The number of aromatic nitrogens is 1. The van der Waals surface area contributed by atoms with Gasteiger partial charge in [-0.3, -0.25) is 9.59 Å². The van der Waals surface area contributed by atoms with Crippen molar-refractivity contribution in [1.29, 1.82) is 0 Å². The minimum absolute atomic E-state index is 0.135. The lowest BCUT2D eigenvalue weighted by atomic mass is 10.1. The van der Waals surface area contributed by atoms with E-state index in [4.69, 9.17) is 5.73 Å². The van der Waals surface area contributed by atoms with Crippen molar-refractivity contribution in [3.05, 3.63) is 40.3 Å². The normalized spacial score (nSPS) is 14.7. The van der Waals surface area contributed by atoms with Crippen LogP contribution in [0, 0.1) is 0 Å². The molecule has 1 aromatic carbocycles. The highest BCUT2D eigenvalue weighted by atomic mass is 32.1. The SMILES string of the molecule is NCCc1nc(C(=O)Nc2cccc(N3CCCCC3=O)c2)cs1. The van der Waals surface area contributed by atoms with E-state index in [2.05, 4.69) is 10.3 Å². The van der Waals surface area contributed by atoms with Crippen LogP contribution in [0.3, 0.4) is 0 Å². The van der Waals surface area contributed by atoms with Gasteiger partial charge in [0.15, 0.2) is 0 Å². The molecular formula is C17H20N4O2S. The van der Waals surface area contributed by atoms with Crippen LogP contribution < -0.4 is 16.0 Å². The third kappa shape index (κ3) is 3.80. The summed E-state index contributed by atoms with van der Waals surface area (Å²) in [5.74, 6) is -0.118. The third-order valence-corrected chi connectivity index (χ3v) is 4.79. The van der Waals surface area contributed by atoms with Gasteiger partial charge in [0.05, 0.1) is 5.01 Å². The van der Waals surface area contributed by atoms with Crippen LogP contribution in [0.5, 0.6) is 0 Å². The van der Waals surface area contributed by atoms with Gasteiger partial charge in [-0.25, -0.2) is 4.98 Å². The monoisotopic (exact) mass is 344 g/mol. The molecule has 6 nitrogen and oxygen atoms in total. The van der Waals surface area contributed by atoms with Crippen molar-refractivity contribution in [3.63, 3.8) is 0 Å². The number of amides is 2. The van der Waals surface area contributed by atoms with Gasteiger partial charge in [0.2, 0.25) is 5.91 Å². The molecule has 1 aromatic heterocycles. The highest BCUT2D eigenvalue weighted by Crippen LogP contribution is 2.24. The lowest BCUT2D eigenvalue weighted by Gasteiger charge is -2.27. The van der Waals surface area contributed by atoms with E-state index in [1.54, 1.807) is 10.3 Å². The number of hydrogen-bond donors (Lipinski definition) is 2. The Labute approximate surface area is 144 Å². The minimum Gasteiger partial charge on any atom is -0.330 e. The predicted molar refractivity (Wildman–Crippen MR) is 95.5 cm³/mol. The first kappa shape index (κ1) is 16.6. The van der Waals surface area contributed by atoms with Crippen LogP contribution in [0.15, 0.2) is 29.6 Å². The molecule has 3 N–H and O–H groups in total. The molecule has 7 heteroatoms. The van der Waals surface area contributed by atoms with Crippen LogP contribution in [0.4, 0.5) is 11.4 Å². The zero-order chi connectivity index (χ0) is 16.9. The standard InChI is InChI=1S/C17H20N4O2S/c18-8-7-15-20-14(11-24-15)17(23)19-12-4-3-5-13(10-12)21-9-2-1-6-16(21)22/h3-5,10-11H,1-2,6-9,18H2,(H,19,23). The molecule has 2 amide bonds. The molecule has 0 saturated carbocycles. The summed E-state index contributed by atoms with van der Waals surface area (Å²) in [7, 11) is 0. The van der Waals surface area contributed by atoms with Crippen molar-refractivity contribution in [2.24, 2.45) is 5.73 Å². The summed E-state index contributed by atoms with van der Waals surface area (Å²) in [6.45, 7) is 1.24. The molecule has 0 atom stereocenters. The maximum absolute atomic E-state index is 12.3. The van der Waals surface area contributed by atoms with Gasteiger partial charge < -0.3 is 16.0 Å². The summed E-state index contributed by atoms with van der Waals surface area (Å²) in [5.41, 5.74) is 7.37. The molecule has 1 aliphatic rings. The summed E-state index contributed by atoms with van der Waals surface area (Å²) in [6, 6.07) is 7.37. The van der Waals surface area contributed by atoms with Gasteiger partial charge in [0.1, 0.15) is 5.69 Å². The van der Waals surface area contributed by atoms with E-state index in [0.29, 0.717) is 30.8 Å². The Morgan fingerprint density at radius 1 is 1.38 bits per heavy atom. The average molecular weight is 344 g/mol. The molecule has 0 bridgehead atoms.